The number of benzene rings is 4. The summed E-state index contributed by atoms with van der Waals surface area (Å²) in [5, 5.41) is 34.2. The minimum atomic E-state index is -0.998. The van der Waals surface area contributed by atoms with Gasteiger partial charge in [0.2, 0.25) is 11.1 Å². The lowest BCUT2D eigenvalue weighted by Gasteiger charge is -2.41. The lowest BCUT2D eigenvalue weighted by atomic mass is 9.91. The molecule has 11 nitrogen and oxygen atoms in total. The van der Waals surface area contributed by atoms with Gasteiger partial charge in [-0.25, -0.2) is 0 Å². The Hall–Kier alpha value is -4.88. The van der Waals surface area contributed by atoms with Crippen LogP contribution >= 0.6 is 11.8 Å². The third-order valence-electron chi connectivity index (χ3n) is 8.44. The van der Waals surface area contributed by atoms with Gasteiger partial charge in [-0.05, 0) is 56.4 Å². The van der Waals surface area contributed by atoms with Crippen LogP contribution in [0.15, 0.2) is 108 Å². The van der Waals surface area contributed by atoms with Crippen molar-refractivity contribution in [2.45, 2.75) is 56.6 Å². The molecule has 0 radical (unpaired) electrons. The molecule has 0 aliphatic carbocycles. The van der Waals surface area contributed by atoms with E-state index in [1.807, 2.05) is 103 Å². The molecule has 12 heteroatoms. The molecule has 6 rings (SSSR count). The monoisotopic (exact) mass is 679 g/mol. The first-order valence-electron chi connectivity index (χ1n) is 16.0. The van der Waals surface area contributed by atoms with Crippen LogP contribution in [0.1, 0.15) is 54.4 Å². The number of carboxylic acid groups (broad SMARTS) is 1. The summed E-state index contributed by atoms with van der Waals surface area (Å²) >= 11 is 1.53. The molecule has 4 unspecified atom stereocenters. The summed E-state index contributed by atoms with van der Waals surface area (Å²) in [7, 11) is 0. The molecule has 5 aromatic rings. The number of hydrogen-bond acceptors (Lipinski definition) is 9. The number of nitrogens with one attached hydrogen (secondary N) is 1. The number of carboxylic acids is 1. The average Bonchev–Trinajstić information content (AvgIpc) is 3.62. The standard InChI is InChI=1S/C37H37N5O6S/c1-24-32(23-49-37-39-40-41-42(37)31-8-3-2-4-9-31)47-36(48-35(24)28-12-10-25(22-43)11-13-28)29-16-14-27(15-17-29)30-7-5-6-26(20-30)21-38-33(44)18-19-34(45)46/h2-17,20,24,32,35-36,43H,18-19,21-23H2,1H3,(H,38,44)(H,45,46). The lowest BCUT2D eigenvalue weighted by molar-refractivity contribution is -0.268. The van der Waals surface area contributed by atoms with E-state index in [0.29, 0.717) is 17.5 Å². The van der Waals surface area contributed by atoms with E-state index < -0.39 is 12.3 Å². The van der Waals surface area contributed by atoms with Crippen molar-refractivity contribution >= 4 is 23.6 Å². The summed E-state index contributed by atoms with van der Waals surface area (Å²) in [6.45, 7) is 2.40. The maximum atomic E-state index is 12.0. The van der Waals surface area contributed by atoms with Gasteiger partial charge in [0.15, 0.2) is 6.29 Å². The summed E-state index contributed by atoms with van der Waals surface area (Å²) in [5.41, 5.74) is 6.47. The first-order valence-corrected chi connectivity index (χ1v) is 17.0. The number of ether oxygens (including phenoxy) is 2. The Balaban J connectivity index is 1.19. The van der Waals surface area contributed by atoms with Crippen LogP contribution in [-0.2, 0) is 32.2 Å². The highest BCUT2D eigenvalue weighted by molar-refractivity contribution is 7.99. The summed E-state index contributed by atoms with van der Waals surface area (Å²) < 4.78 is 15.0. The van der Waals surface area contributed by atoms with Gasteiger partial charge in [-0.2, -0.15) is 4.68 Å². The number of nitrogens with zero attached hydrogens (tertiary/aromatic N) is 4. The van der Waals surface area contributed by atoms with Crippen molar-refractivity contribution in [2.75, 3.05) is 5.75 Å². The number of carbonyl (C=O) groups is 2. The predicted molar refractivity (Wildman–Crippen MR) is 183 cm³/mol. The number of aliphatic carboxylic acids is 1. The zero-order valence-electron chi connectivity index (χ0n) is 26.9. The lowest BCUT2D eigenvalue weighted by Crippen LogP contribution is -2.38. The third kappa shape index (κ3) is 8.59. The van der Waals surface area contributed by atoms with E-state index in [1.54, 1.807) is 4.68 Å². The number of amides is 1. The Morgan fingerprint density at radius 2 is 1.61 bits per heavy atom. The fourth-order valence-corrected chi connectivity index (χ4v) is 6.72. The molecule has 4 aromatic carbocycles. The van der Waals surface area contributed by atoms with Gasteiger partial charge < -0.3 is 25.0 Å². The number of aliphatic hydroxyl groups excluding tert-OH is 1. The van der Waals surface area contributed by atoms with E-state index in [9.17, 15) is 14.7 Å². The fraction of sp³-hybridized carbons (Fsp3) is 0.270. The van der Waals surface area contributed by atoms with Gasteiger partial charge >= 0.3 is 5.97 Å². The molecule has 2 heterocycles. The van der Waals surface area contributed by atoms with E-state index in [-0.39, 0.29) is 43.5 Å². The minimum absolute atomic E-state index is 0.00332. The molecular weight excluding hydrogens is 643 g/mol. The number of rotatable bonds is 13. The van der Waals surface area contributed by atoms with Gasteiger partial charge in [0.05, 0.1) is 30.9 Å². The quantitative estimate of drug-likeness (QED) is 0.129. The number of tetrazole rings is 1. The number of carbonyl (C=O) groups excluding carboxylic acids is 1. The molecule has 49 heavy (non-hydrogen) atoms. The Bertz CT molecular complexity index is 1850. The van der Waals surface area contributed by atoms with Crippen LogP contribution in [0, 0.1) is 5.92 Å². The van der Waals surface area contributed by atoms with Crippen LogP contribution in [0.2, 0.25) is 0 Å². The second-order valence-electron chi connectivity index (χ2n) is 11.8. The summed E-state index contributed by atoms with van der Waals surface area (Å²) in [5.74, 6) is -0.705. The molecule has 1 aromatic heterocycles. The SMILES string of the molecule is CC1C(CSc2nnnn2-c2ccccc2)OC(c2ccc(-c3cccc(CNC(=O)CCC(=O)O)c3)cc2)OC1c1ccc(CO)cc1. The second-order valence-corrected chi connectivity index (χ2v) is 12.8. The number of aromatic nitrogens is 4. The van der Waals surface area contributed by atoms with Crippen molar-refractivity contribution in [2.24, 2.45) is 5.92 Å². The first kappa shape index (κ1) is 34.0. The van der Waals surface area contributed by atoms with Crippen molar-refractivity contribution in [3.8, 4) is 16.8 Å². The number of aliphatic hydroxyl groups is 1. The number of hydrogen-bond donors (Lipinski definition) is 3. The molecule has 0 bridgehead atoms. The normalized spacial score (nSPS) is 19.0. The van der Waals surface area contributed by atoms with Gasteiger partial charge in [-0.1, -0.05) is 104 Å². The van der Waals surface area contributed by atoms with Gasteiger partial charge in [0.1, 0.15) is 0 Å². The molecule has 3 N–H and O–H groups in total. The van der Waals surface area contributed by atoms with Gasteiger partial charge in [-0.15, -0.1) is 5.10 Å². The van der Waals surface area contributed by atoms with Gasteiger partial charge in [0, 0.05) is 30.2 Å². The minimum Gasteiger partial charge on any atom is -0.481 e. The first-order chi connectivity index (χ1) is 23.9. The fourth-order valence-electron chi connectivity index (χ4n) is 5.67. The molecule has 1 amide bonds. The predicted octanol–water partition coefficient (Wildman–Crippen LogP) is 5.89. The van der Waals surface area contributed by atoms with Crippen LogP contribution in [0.25, 0.3) is 16.8 Å². The topological polar surface area (TPSA) is 149 Å². The molecule has 4 atom stereocenters. The molecule has 1 aliphatic heterocycles. The maximum Gasteiger partial charge on any atom is 0.303 e. The Labute approximate surface area is 288 Å². The van der Waals surface area contributed by atoms with Crippen LogP contribution in [0.3, 0.4) is 0 Å². The molecular formula is C37H37N5O6S. The zero-order chi connectivity index (χ0) is 34.2. The average molecular weight is 680 g/mol. The second kappa shape index (κ2) is 16.0. The number of para-hydroxylation sites is 1. The molecule has 0 saturated carbocycles. The van der Waals surface area contributed by atoms with Crippen molar-refractivity contribution in [3.63, 3.8) is 0 Å². The summed E-state index contributed by atoms with van der Waals surface area (Å²) in [6.07, 6.45) is -1.34. The van der Waals surface area contributed by atoms with Gasteiger partial charge in [-0.3, -0.25) is 9.59 Å². The highest BCUT2D eigenvalue weighted by Gasteiger charge is 2.38. The molecule has 1 saturated heterocycles. The van der Waals surface area contributed by atoms with Crippen molar-refractivity contribution < 1.29 is 29.3 Å². The molecule has 1 aliphatic rings. The van der Waals surface area contributed by atoms with Crippen LogP contribution < -0.4 is 5.32 Å². The maximum absolute atomic E-state index is 12.0. The van der Waals surface area contributed by atoms with E-state index in [4.69, 9.17) is 14.6 Å². The Morgan fingerprint density at radius 3 is 2.35 bits per heavy atom. The highest BCUT2D eigenvalue weighted by atomic mass is 32.2. The number of thioether (sulfide) groups is 1. The van der Waals surface area contributed by atoms with E-state index in [0.717, 1.165) is 39.1 Å². The van der Waals surface area contributed by atoms with E-state index in [2.05, 4.69) is 27.8 Å². The smallest absolute Gasteiger partial charge is 0.303 e. The summed E-state index contributed by atoms with van der Waals surface area (Å²) in [4.78, 5) is 22.8. The third-order valence-corrected chi connectivity index (χ3v) is 9.45. The Morgan fingerprint density at radius 1 is 0.857 bits per heavy atom. The largest absolute Gasteiger partial charge is 0.481 e. The Kier molecular flexibility index (Phi) is 11.1. The zero-order valence-corrected chi connectivity index (χ0v) is 27.7. The van der Waals surface area contributed by atoms with Gasteiger partial charge in [0.25, 0.3) is 0 Å². The van der Waals surface area contributed by atoms with Crippen LogP contribution in [0.5, 0.6) is 0 Å². The van der Waals surface area contributed by atoms with E-state index >= 15 is 0 Å². The molecule has 0 spiro atoms. The molecule has 252 valence electrons. The van der Waals surface area contributed by atoms with E-state index in [1.165, 1.54) is 11.8 Å². The van der Waals surface area contributed by atoms with Crippen molar-refractivity contribution in [1.29, 1.82) is 0 Å². The van der Waals surface area contributed by atoms with Crippen molar-refractivity contribution in [3.05, 3.63) is 125 Å². The summed E-state index contributed by atoms with van der Waals surface area (Å²) in [6, 6.07) is 33.5. The van der Waals surface area contributed by atoms with Crippen molar-refractivity contribution in [1.82, 2.24) is 25.5 Å². The van der Waals surface area contributed by atoms with Crippen LogP contribution in [-0.4, -0.2) is 54.2 Å². The molecule has 1 fully saturated rings. The highest BCUT2D eigenvalue weighted by Crippen LogP contribution is 2.43. The van der Waals surface area contributed by atoms with Crippen LogP contribution in [0.4, 0.5) is 0 Å².